The second-order valence-corrected chi connectivity index (χ2v) is 6.20. The van der Waals surface area contributed by atoms with Crippen LogP contribution in [-0.2, 0) is 0 Å². The Kier molecular flexibility index (Phi) is 5.51. The van der Waals surface area contributed by atoms with Crippen LogP contribution >= 0.6 is 11.8 Å². The summed E-state index contributed by atoms with van der Waals surface area (Å²) in [4.78, 5) is 0. The van der Waals surface area contributed by atoms with Crippen LogP contribution in [0.3, 0.4) is 0 Å². The number of methoxy groups -OCH3 is 1. The number of aliphatic hydroxyl groups excluding tert-OH is 1. The minimum absolute atomic E-state index is 0.176. The van der Waals surface area contributed by atoms with E-state index < -0.39 is 0 Å². The molecule has 0 saturated heterocycles. The molecule has 24 heavy (non-hydrogen) atoms. The summed E-state index contributed by atoms with van der Waals surface area (Å²) in [6, 6.07) is 17.8. The molecule has 0 amide bonds. The Morgan fingerprint density at radius 3 is 2.67 bits per heavy atom. The molecule has 0 spiro atoms. The van der Waals surface area contributed by atoms with E-state index in [0.29, 0.717) is 0 Å². The molecule has 2 aromatic carbocycles. The number of aromatic nitrogens is 3. The summed E-state index contributed by atoms with van der Waals surface area (Å²) >= 11 is 1.59. The van der Waals surface area contributed by atoms with Crippen molar-refractivity contribution in [2.75, 3.05) is 19.5 Å². The lowest BCUT2D eigenvalue weighted by atomic mass is 10.2. The fourth-order valence-corrected chi connectivity index (χ4v) is 3.23. The van der Waals surface area contributed by atoms with Crippen LogP contribution in [0, 0.1) is 0 Å². The molecule has 6 heteroatoms. The third-order valence-electron chi connectivity index (χ3n) is 3.51. The van der Waals surface area contributed by atoms with Gasteiger partial charge < -0.3 is 9.84 Å². The van der Waals surface area contributed by atoms with Crippen molar-refractivity contribution in [3.05, 3.63) is 54.6 Å². The Bertz CT molecular complexity index is 790. The van der Waals surface area contributed by atoms with Crippen molar-refractivity contribution >= 4 is 11.8 Å². The first-order valence-electron chi connectivity index (χ1n) is 7.72. The van der Waals surface area contributed by atoms with Crippen molar-refractivity contribution in [2.24, 2.45) is 0 Å². The topological polar surface area (TPSA) is 60.2 Å². The van der Waals surface area contributed by atoms with Gasteiger partial charge in [-0.2, -0.15) is 0 Å². The minimum atomic E-state index is 0.176. The molecule has 3 rings (SSSR count). The van der Waals surface area contributed by atoms with Crippen molar-refractivity contribution in [1.82, 2.24) is 14.8 Å². The normalized spacial score (nSPS) is 10.8. The summed E-state index contributed by atoms with van der Waals surface area (Å²) in [5.74, 6) is 2.34. The maximum absolute atomic E-state index is 9.00. The van der Waals surface area contributed by atoms with E-state index in [1.54, 1.807) is 18.9 Å². The second-order valence-electron chi connectivity index (χ2n) is 5.13. The first-order chi connectivity index (χ1) is 11.8. The standard InChI is InChI=1S/C18H19N3O2S/c1-23-16-10-5-7-14(13-16)17-19-20-18(24-12-6-11-22)21(17)15-8-3-2-4-9-15/h2-5,7-10,13,22H,6,11-12H2,1H3. The average molecular weight is 341 g/mol. The SMILES string of the molecule is COc1cccc(-c2nnc(SCCCO)n2-c2ccccc2)c1. The molecular weight excluding hydrogens is 322 g/mol. The van der Waals surface area contributed by atoms with E-state index in [1.165, 1.54) is 0 Å². The Morgan fingerprint density at radius 2 is 1.92 bits per heavy atom. The first kappa shape index (κ1) is 16.5. The van der Waals surface area contributed by atoms with Gasteiger partial charge in [-0.3, -0.25) is 4.57 Å². The zero-order valence-corrected chi connectivity index (χ0v) is 14.2. The maximum Gasteiger partial charge on any atom is 0.196 e. The quantitative estimate of drug-likeness (QED) is 0.527. The van der Waals surface area contributed by atoms with Crippen LogP contribution in [0.2, 0.25) is 0 Å². The molecule has 124 valence electrons. The highest BCUT2D eigenvalue weighted by Crippen LogP contribution is 2.29. The van der Waals surface area contributed by atoms with Crippen LogP contribution in [0.1, 0.15) is 6.42 Å². The van der Waals surface area contributed by atoms with Crippen LogP contribution in [-0.4, -0.2) is 39.3 Å². The molecule has 1 heterocycles. The van der Waals surface area contributed by atoms with Crippen LogP contribution < -0.4 is 4.74 Å². The van der Waals surface area contributed by atoms with Gasteiger partial charge in [0.2, 0.25) is 0 Å². The van der Waals surface area contributed by atoms with Gasteiger partial charge in [0, 0.05) is 23.6 Å². The Hall–Kier alpha value is -2.31. The van der Waals surface area contributed by atoms with E-state index in [2.05, 4.69) is 10.2 Å². The van der Waals surface area contributed by atoms with Gasteiger partial charge in [-0.1, -0.05) is 42.1 Å². The predicted molar refractivity (Wildman–Crippen MR) is 95.8 cm³/mol. The predicted octanol–water partition coefficient (Wildman–Crippen LogP) is 3.42. The van der Waals surface area contributed by atoms with Crippen LogP contribution in [0.5, 0.6) is 5.75 Å². The summed E-state index contributed by atoms with van der Waals surface area (Å²) in [5, 5.41) is 18.6. The summed E-state index contributed by atoms with van der Waals surface area (Å²) < 4.78 is 7.36. The van der Waals surface area contributed by atoms with E-state index in [9.17, 15) is 0 Å². The van der Waals surface area contributed by atoms with E-state index in [0.717, 1.165) is 40.2 Å². The van der Waals surface area contributed by atoms with Crippen LogP contribution in [0.4, 0.5) is 0 Å². The smallest absolute Gasteiger partial charge is 0.196 e. The Labute approximate surface area is 145 Å². The lowest BCUT2D eigenvalue weighted by molar-refractivity contribution is 0.296. The number of hydrogen-bond acceptors (Lipinski definition) is 5. The van der Waals surface area contributed by atoms with Crippen molar-refractivity contribution in [3.8, 4) is 22.8 Å². The molecule has 0 aliphatic heterocycles. The molecule has 5 nitrogen and oxygen atoms in total. The highest BCUT2D eigenvalue weighted by Gasteiger charge is 2.16. The maximum atomic E-state index is 9.00. The van der Waals surface area contributed by atoms with Crippen molar-refractivity contribution in [2.45, 2.75) is 11.6 Å². The monoisotopic (exact) mass is 341 g/mol. The van der Waals surface area contributed by atoms with Gasteiger partial charge in [-0.05, 0) is 30.7 Å². The van der Waals surface area contributed by atoms with E-state index in [4.69, 9.17) is 9.84 Å². The van der Waals surface area contributed by atoms with Crippen molar-refractivity contribution < 1.29 is 9.84 Å². The third-order valence-corrected chi connectivity index (χ3v) is 4.52. The van der Waals surface area contributed by atoms with Gasteiger partial charge in [-0.25, -0.2) is 0 Å². The highest BCUT2D eigenvalue weighted by atomic mass is 32.2. The van der Waals surface area contributed by atoms with Gasteiger partial charge in [0.1, 0.15) is 5.75 Å². The highest BCUT2D eigenvalue weighted by molar-refractivity contribution is 7.99. The zero-order valence-electron chi connectivity index (χ0n) is 13.4. The molecule has 0 saturated carbocycles. The zero-order chi connectivity index (χ0) is 16.8. The number of hydrogen-bond donors (Lipinski definition) is 1. The van der Waals surface area contributed by atoms with E-state index >= 15 is 0 Å². The molecule has 1 aromatic heterocycles. The number of benzene rings is 2. The summed E-state index contributed by atoms with van der Waals surface area (Å²) in [5.41, 5.74) is 1.95. The average Bonchev–Trinajstić information content (AvgIpc) is 3.06. The number of thioether (sulfide) groups is 1. The molecule has 0 radical (unpaired) electrons. The first-order valence-corrected chi connectivity index (χ1v) is 8.71. The largest absolute Gasteiger partial charge is 0.497 e. The fraction of sp³-hybridized carbons (Fsp3) is 0.222. The molecule has 0 bridgehead atoms. The molecular formula is C18H19N3O2S. The van der Waals surface area contributed by atoms with Gasteiger partial charge in [0.15, 0.2) is 11.0 Å². The summed E-state index contributed by atoms with van der Waals surface area (Å²) in [6.07, 6.45) is 0.723. The minimum Gasteiger partial charge on any atom is -0.497 e. The van der Waals surface area contributed by atoms with Crippen LogP contribution in [0.15, 0.2) is 59.8 Å². The number of nitrogens with zero attached hydrogens (tertiary/aromatic N) is 3. The van der Waals surface area contributed by atoms with Gasteiger partial charge >= 0.3 is 0 Å². The second kappa shape index (κ2) is 7.99. The number of aliphatic hydroxyl groups is 1. The molecule has 0 unspecified atom stereocenters. The lowest BCUT2D eigenvalue weighted by Crippen LogP contribution is -2.00. The molecule has 0 atom stereocenters. The fourth-order valence-electron chi connectivity index (χ4n) is 2.35. The number of ether oxygens (including phenoxy) is 1. The molecule has 0 aliphatic rings. The molecule has 1 N–H and O–H groups in total. The van der Waals surface area contributed by atoms with Crippen molar-refractivity contribution in [1.29, 1.82) is 0 Å². The van der Waals surface area contributed by atoms with E-state index in [1.807, 2.05) is 59.2 Å². The van der Waals surface area contributed by atoms with Gasteiger partial charge in [-0.15, -0.1) is 10.2 Å². The Balaban J connectivity index is 2.05. The Morgan fingerprint density at radius 1 is 1.08 bits per heavy atom. The molecule has 0 aliphatic carbocycles. The van der Waals surface area contributed by atoms with Gasteiger partial charge in [0.05, 0.1) is 7.11 Å². The summed E-state index contributed by atoms with van der Waals surface area (Å²) in [6.45, 7) is 0.176. The number of para-hydroxylation sites is 1. The number of rotatable bonds is 7. The van der Waals surface area contributed by atoms with Crippen molar-refractivity contribution in [3.63, 3.8) is 0 Å². The molecule has 3 aromatic rings. The molecule has 0 fully saturated rings. The third kappa shape index (κ3) is 3.60. The van der Waals surface area contributed by atoms with E-state index in [-0.39, 0.29) is 6.61 Å². The summed E-state index contributed by atoms with van der Waals surface area (Å²) in [7, 11) is 1.65. The van der Waals surface area contributed by atoms with Crippen LogP contribution in [0.25, 0.3) is 17.1 Å². The lowest BCUT2D eigenvalue weighted by Gasteiger charge is -2.10. The van der Waals surface area contributed by atoms with Gasteiger partial charge in [0.25, 0.3) is 0 Å².